The number of carbonyl (C=O) groups is 2. The molecule has 214 valence electrons. The Morgan fingerprint density at radius 2 is 1.76 bits per heavy atom. The molecule has 0 aliphatic carbocycles. The number of ether oxygens (including phenoxy) is 2. The Morgan fingerprint density at radius 3 is 2.39 bits per heavy atom. The number of para-hydroxylation sites is 1. The highest BCUT2D eigenvalue weighted by Crippen LogP contribution is 2.61. The van der Waals surface area contributed by atoms with E-state index in [1.54, 1.807) is 12.0 Å². The molecule has 3 aromatic rings. The minimum absolute atomic E-state index is 0.0250. The summed E-state index contributed by atoms with van der Waals surface area (Å²) in [7, 11) is -0.604. The molecule has 0 saturated carbocycles. The minimum Gasteiger partial charge on any atom is -0.497 e. The minimum atomic E-state index is -2.27. The van der Waals surface area contributed by atoms with Crippen molar-refractivity contribution in [2.75, 3.05) is 30.1 Å². The van der Waals surface area contributed by atoms with Crippen molar-refractivity contribution in [1.82, 2.24) is 0 Å². The lowest BCUT2D eigenvalue weighted by atomic mass is 9.82. The van der Waals surface area contributed by atoms with Gasteiger partial charge in [-0.3, -0.25) is 14.5 Å². The molecule has 3 aromatic carbocycles. The number of fused-ring (bicyclic) bond motifs is 2. The summed E-state index contributed by atoms with van der Waals surface area (Å²) in [4.78, 5) is 31.1. The second kappa shape index (κ2) is 10.4. The third kappa shape index (κ3) is 4.23. The van der Waals surface area contributed by atoms with Crippen molar-refractivity contribution in [2.24, 2.45) is 5.92 Å². The van der Waals surface area contributed by atoms with E-state index in [1.807, 2.05) is 65.6 Å². The molecule has 0 aromatic heterocycles. The van der Waals surface area contributed by atoms with Crippen LogP contribution in [0.3, 0.4) is 0 Å². The van der Waals surface area contributed by atoms with Gasteiger partial charge in [0.25, 0.3) is 5.91 Å². The Labute approximate surface area is 242 Å². The van der Waals surface area contributed by atoms with Gasteiger partial charge in [-0.25, -0.2) is 0 Å². The highest BCUT2D eigenvalue weighted by molar-refractivity contribution is 6.91. The van der Waals surface area contributed by atoms with Crippen LogP contribution in [0.4, 0.5) is 17.1 Å². The van der Waals surface area contributed by atoms with Gasteiger partial charge in [-0.1, -0.05) is 55.5 Å². The number of rotatable bonds is 7. The van der Waals surface area contributed by atoms with Gasteiger partial charge < -0.3 is 19.5 Å². The maximum atomic E-state index is 14.8. The lowest BCUT2D eigenvalue weighted by Gasteiger charge is -2.37. The van der Waals surface area contributed by atoms with Gasteiger partial charge in [-0.15, -0.1) is 0 Å². The van der Waals surface area contributed by atoms with Crippen LogP contribution < -0.4 is 19.7 Å². The van der Waals surface area contributed by atoms with Gasteiger partial charge in [-0.2, -0.15) is 0 Å². The van der Waals surface area contributed by atoms with E-state index in [9.17, 15) is 14.7 Å². The number of carbonyl (C=O) groups excluding carboxylic acids is 2. The molecule has 6 rings (SSSR count). The van der Waals surface area contributed by atoms with Crippen molar-refractivity contribution in [3.8, 4) is 5.75 Å². The number of benzene rings is 3. The molecule has 1 spiro atoms. The van der Waals surface area contributed by atoms with Crippen LogP contribution in [-0.4, -0.2) is 51.4 Å². The number of aliphatic hydroxyl groups is 1. The van der Waals surface area contributed by atoms with E-state index < -0.39 is 13.7 Å². The number of hydrogen-bond donors (Lipinski definition) is 1. The third-order valence-electron chi connectivity index (χ3n) is 9.54. The van der Waals surface area contributed by atoms with Crippen molar-refractivity contribution in [1.29, 1.82) is 0 Å². The Balaban J connectivity index is 1.51. The molecule has 8 heteroatoms. The maximum absolute atomic E-state index is 14.8. The number of nitrogens with zero attached hydrogens (tertiary/aromatic N) is 2. The Hall–Kier alpha value is -3.46. The number of amides is 2. The molecule has 0 bridgehead atoms. The van der Waals surface area contributed by atoms with Crippen LogP contribution in [0.2, 0.25) is 18.6 Å². The van der Waals surface area contributed by atoms with Crippen molar-refractivity contribution < 1.29 is 24.2 Å². The smallest absolute Gasteiger partial charge is 0.268 e. The van der Waals surface area contributed by atoms with Crippen molar-refractivity contribution in [3.63, 3.8) is 0 Å². The molecule has 0 radical (unpaired) electrons. The second-order valence-corrected chi connectivity index (χ2v) is 16.7. The summed E-state index contributed by atoms with van der Waals surface area (Å²) < 4.78 is 12.4. The van der Waals surface area contributed by atoms with Crippen LogP contribution in [0.15, 0.2) is 72.8 Å². The van der Waals surface area contributed by atoms with Crippen molar-refractivity contribution in [3.05, 3.63) is 78.4 Å². The summed E-state index contributed by atoms with van der Waals surface area (Å²) in [5, 5.41) is 11.4. The molecule has 3 aliphatic heterocycles. The van der Waals surface area contributed by atoms with Gasteiger partial charge in [0, 0.05) is 42.4 Å². The highest BCUT2D eigenvalue weighted by Gasteiger charge is 2.66. The average molecular weight is 571 g/mol. The molecule has 3 heterocycles. The monoisotopic (exact) mass is 570 g/mol. The fourth-order valence-corrected chi connectivity index (χ4v) is 11.6. The van der Waals surface area contributed by atoms with Gasteiger partial charge >= 0.3 is 0 Å². The summed E-state index contributed by atoms with van der Waals surface area (Å²) >= 11 is 0. The Morgan fingerprint density at radius 1 is 1.02 bits per heavy atom. The third-order valence-corrected chi connectivity index (χ3v) is 13.9. The maximum Gasteiger partial charge on any atom is 0.268 e. The zero-order valence-electron chi connectivity index (χ0n) is 24.2. The van der Waals surface area contributed by atoms with Crippen LogP contribution in [0.25, 0.3) is 0 Å². The van der Waals surface area contributed by atoms with Crippen molar-refractivity contribution >= 4 is 42.1 Å². The first-order valence-electron chi connectivity index (χ1n) is 14.5. The number of aliphatic hydroxyl groups excluding tert-OH is 1. The lowest BCUT2D eigenvalue weighted by molar-refractivity contribution is -0.145. The van der Waals surface area contributed by atoms with E-state index in [0.29, 0.717) is 19.4 Å². The molecule has 1 N–H and O–H groups in total. The summed E-state index contributed by atoms with van der Waals surface area (Å²) in [6, 6.07) is 23.9. The molecule has 2 amide bonds. The summed E-state index contributed by atoms with van der Waals surface area (Å²) in [6.07, 6.45) is 1.50. The van der Waals surface area contributed by atoms with Gasteiger partial charge in [0.2, 0.25) is 5.91 Å². The highest BCUT2D eigenvalue weighted by atomic mass is 28.3. The summed E-state index contributed by atoms with van der Waals surface area (Å²) in [6.45, 7) is 7.45. The molecule has 4 atom stereocenters. The SMILES string of the molecule is COc1ccc([Si](C)(C)[C@H]2[C@H](CCO)O[C@@]3(C(=O)N(c4ccccc4)c4ccc(N5CCCC5=O)cc43)[C@@H]2C)cc1. The van der Waals surface area contributed by atoms with Crippen LogP contribution in [-0.2, 0) is 19.9 Å². The van der Waals surface area contributed by atoms with Gasteiger partial charge in [0.1, 0.15) is 5.75 Å². The van der Waals surface area contributed by atoms with Crippen LogP contribution in [0, 0.1) is 5.92 Å². The van der Waals surface area contributed by atoms with Gasteiger partial charge in [-0.05, 0) is 60.8 Å². The first-order valence-corrected chi connectivity index (χ1v) is 17.6. The van der Waals surface area contributed by atoms with Crippen LogP contribution in [0.5, 0.6) is 5.75 Å². The number of anilines is 3. The topological polar surface area (TPSA) is 79.3 Å². The second-order valence-electron chi connectivity index (χ2n) is 12.0. The molecule has 2 fully saturated rings. The van der Waals surface area contributed by atoms with E-state index in [4.69, 9.17) is 9.47 Å². The molecular formula is C33H38N2O5Si. The predicted octanol–water partition coefficient (Wildman–Crippen LogP) is 5.10. The molecule has 3 aliphatic rings. The van der Waals surface area contributed by atoms with E-state index >= 15 is 0 Å². The first-order chi connectivity index (χ1) is 19.7. The van der Waals surface area contributed by atoms with E-state index in [-0.39, 0.29) is 36.0 Å². The average Bonchev–Trinajstić information content (AvgIpc) is 3.62. The number of hydrogen-bond acceptors (Lipinski definition) is 5. The van der Waals surface area contributed by atoms with Crippen molar-refractivity contribution in [2.45, 2.75) is 56.5 Å². The molecular weight excluding hydrogens is 532 g/mol. The Bertz CT molecular complexity index is 1460. The molecule has 0 unspecified atom stereocenters. The van der Waals surface area contributed by atoms with E-state index in [2.05, 4.69) is 32.2 Å². The first kappa shape index (κ1) is 27.7. The lowest BCUT2D eigenvalue weighted by Crippen LogP contribution is -2.51. The van der Waals surface area contributed by atoms with Gasteiger partial charge in [0.15, 0.2) is 5.60 Å². The summed E-state index contributed by atoms with van der Waals surface area (Å²) in [5.74, 6) is 0.626. The fourth-order valence-electron chi connectivity index (χ4n) is 7.55. The molecule has 41 heavy (non-hydrogen) atoms. The van der Waals surface area contributed by atoms with Crippen LogP contribution >= 0.6 is 0 Å². The summed E-state index contributed by atoms with van der Waals surface area (Å²) in [5.41, 5.74) is 2.00. The largest absolute Gasteiger partial charge is 0.497 e. The number of methoxy groups -OCH3 is 1. The van der Waals surface area contributed by atoms with E-state index in [1.165, 1.54) is 5.19 Å². The zero-order valence-corrected chi connectivity index (χ0v) is 25.2. The quantitative estimate of drug-likeness (QED) is 0.400. The molecule has 2 saturated heterocycles. The van der Waals surface area contributed by atoms with E-state index in [0.717, 1.165) is 34.8 Å². The predicted molar refractivity (Wildman–Crippen MR) is 163 cm³/mol. The fraction of sp³-hybridized carbons (Fsp3) is 0.394. The van der Waals surface area contributed by atoms with Gasteiger partial charge in [0.05, 0.1) is 27.0 Å². The Kier molecular flexibility index (Phi) is 7.04. The standard InChI is InChI=1S/C33H38N2O5Si/c1-22-31(41(3,4)26-15-13-25(39-2)14-16-26)29(18-20-36)40-33(22)27-21-24(34-19-8-11-30(34)37)12-17-28(27)35(32(33)38)23-9-6-5-7-10-23/h5-7,9-10,12-17,21-22,29,31,36H,8,11,18-20H2,1-4H3/t22-,29+,31-,33+/m1/s1. The van der Waals surface area contributed by atoms with Crippen LogP contribution in [0.1, 0.15) is 31.7 Å². The molecule has 7 nitrogen and oxygen atoms in total. The zero-order chi connectivity index (χ0) is 28.9. The normalized spacial score (nSPS) is 25.8.